The first-order valence-corrected chi connectivity index (χ1v) is 12.1. The second-order valence-corrected chi connectivity index (χ2v) is 8.99. The Morgan fingerprint density at radius 1 is 1.03 bits per heavy atom. The molecule has 1 saturated heterocycles. The van der Waals surface area contributed by atoms with Crippen molar-refractivity contribution in [2.75, 3.05) is 18.6 Å². The summed E-state index contributed by atoms with van der Waals surface area (Å²) in [6.45, 7) is 6.19. The number of para-hydroxylation sites is 1. The van der Waals surface area contributed by atoms with Gasteiger partial charge in [-0.05, 0) is 62.7 Å². The second kappa shape index (κ2) is 9.50. The highest BCUT2D eigenvalue weighted by Gasteiger charge is 2.48. The number of carbonyl (C=O) groups is 2. The van der Waals surface area contributed by atoms with Crippen LogP contribution in [0.2, 0.25) is 0 Å². The summed E-state index contributed by atoms with van der Waals surface area (Å²) in [6, 6.07) is 19.1. The summed E-state index contributed by atoms with van der Waals surface area (Å²) in [4.78, 5) is 32.0. The third kappa shape index (κ3) is 4.02. The predicted molar refractivity (Wildman–Crippen MR) is 143 cm³/mol. The number of methoxy groups -OCH3 is 1. The number of Topliss-reactive ketones (excluding diaryl/α,β-unsaturated/α-hetero) is 1. The SMILES string of the molecule is CCOc1ccc(/C(O)=C2\C(=O)C(=O)N(c3cccc(OC)c3)C2c2c(C)[nH]c3ccccc23)cc1C. The zero-order valence-electron chi connectivity index (χ0n) is 21.2. The lowest BCUT2D eigenvalue weighted by Crippen LogP contribution is -2.29. The number of H-pyrrole nitrogens is 1. The molecule has 1 fully saturated rings. The molecule has 1 aliphatic rings. The lowest BCUT2D eigenvalue weighted by Gasteiger charge is -2.26. The first-order valence-electron chi connectivity index (χ1n) is 12.1. The number of aromatic nitrogens is 1. The van der Waals surface area contributed by atoms with Gasteiger partial charge in [0.25, 0.3) is 11.7 Å². The number of anilines is 1. The van der Waals surface area contributed by atoms with E-state index in [4.69, 9.17) is 9.47 Å². The number of benzene rings is 3. The number of hydrogen-bond acceptors (Lipinski definition) is 5. The Balaban J connectivity index is 1.77. The molecule has 1 unspecified atom stereocenters. The number of carbonyl (C=O) groups excluding carboxylic acids is 2. The minimum absolute atomic E-state index is 0.0317. The topological polar surface area (TPSA) is 91.9 Å². The van der Waals surface area contributed by atoms with Gasteiger partial charge in [0.15, 0.2) is 0 Å². The van der Waals surface area contributed by atoms with Gasteiger partial charge in [-0.25, -0.2) is 0 Å². The number of hydrogen-bond donors (Lipinski definition) is 2. The Morgan fingerprint density at radius 3 is 2.54 bits per heavy atom. The maximum atomic E-state index is 13.6. The molecular weight excluding hydrogens is 468 g/mol. The van der Waals surface area contributed by atoms with E-state index >= 15 is 0 Å². The highest BCUT2D eigenvalue weighted by molar-refractivity contribution is 6.52. The fraction of sp³-hybridized carbons (Fsp3) is 0.200. The molecule has 0 spiro atoms. The van der Waals surface area contributed by atoms with Crippen molar-refractivity contribution in [3.8, 4) is 11.5 Å². The molecule has 1 atom stereocenters. The molecule has 0 aliphatic carbocycles. The maximum absolute atomic E-state index is 13.6. The van der Waals surface area contributed by atoms with Crippen molar-refractivity contribution in [1.29, 1.82) is 0 Å². The Hall–Kier alpha value is -4.52. The van der Waals surface area contributed by atoms with Crippen LogP contribution < -0.4 is 14.4 Å². The van der Waals surface area contributed by atoms with E-state index in [9.17, 15) is 14.7 Å². The van der Waals surface area contributed by atoms with Crippen molar-refractivity contribution in [3.63, 3.8) is 0 Å². The third-order valence-electron chi connectivity index (χ3n) is 6.74. The molecule has 188 valence electrons. The fourth-order valence-corrected chi connectivity index (χ4v) is 5.05. The van der Waals surface area contributed by atoms with E-state index < -0.39 is 17.7 Å². The van der Waals surface area contributed by atoms with Crippen LogP contribution in [0.15, 0.2) is 72.3 Å². The summed E-state index contributed by atoms with van der Waals surface area (Å²) in [5.74, 6) is -0.450. The largest absolute Gasteiger partial charge is 0.507 e. The average molecular weight is 497 g/mol. The fourth-order valence-electron chi connectivity index (χ4n) is 5.05. The summed E-state index contributed by atoms with van der Waals surface area (Å²) >= 11 is 0. The first kappa shape index (κ1) is 24.2. The van der Waals surface area contributed by atoms with Crippen molar-refractivity contribution < 1.29 is 24.2 Å². The monoisotopic (exact) mass is 496 g/mol. The standard InChI is InChI=1S/C30H28N2O5/c1-5-37-24-14-13-19(15-17(24)2)28(33)26-27(25-18(3)31-23-12-7-6-11-22(23)25)32(30(35)29(26)34)20-9-8-10-21(16-20)36-4/h6-16,27,31,33H,5H2,1-4H3/b28-26+. The molecule has 0 radical (unpaired) electrons. The summed E-state index contributed by atoms with van der Waals surface area (Å²) in [6.07, 6.45) is 0. The molecule has 7 heteroatoms. The number of ketones is 1. The van der Waals surface area contributed by atoms with Gasteiger partial charge in [-0.1, -0.05) is 24.3 Å². The summed E-state index contributed by atoms with van der Waals surface area (Å²) in [7, 11) is 1.54. The number of aliphatic hydroxyl groups is 1. The maximum Gasteiger partial charge on any atom is 0.300 e. The summed E-state index contributed by atoms with van der Waals surface area (Å²) in [5, 5.41) is 12.4. The highest BCUT2D eigenvalue weighted by atomic mass is 16.5. The van der Waals surface area contributed by atoms with Gasteiger partial charge in [-0.15, -0.1) is 0 Å². The molecule has 1 aliphatic heterocycles. The Bertz CT molecular complexity index is 1570. The van der Waals surface area contributed by atoms with Crippen molar-refractivity contribution in [2.45, 2.75) is 26.8 Å². The third-order valence-corrected chi connectivity index (χ3v) is 6.74. The zero-order valence-corrected chi connectivity index (χ0v) is 21.2. The number of aliphatic hydroxyl groups excluding tert-OH is 1. The number of amides is 1. The van der Waals surface area contributed by atoms with Crippen LogP contribution in [0.3, 0.4) is 0 Å². The molecule has 0 saturated carbocycles. The van der Waals surface area contributed by atoms with Crippen LogP contribution in [0, 0.1) is 13.8 Å². The van der Waals surface area contributed by atoms with Gasteiger partial charge in [-0.3, -0.25) is 14.5 Å². The molecule has 7 nitrogen and oxygen atoms in total. The van der Waals surface area contributed by atoms with Gasteiger partial charge >= 0.3 is 0 Å². The number of ether oxygens (including phenoxy) is 2. The number of aryl methyl sites for hydroxylation is 2. The number of aromatic amines is 1. The molecule has 37 heavy (non-hydrogen) atoms. The van der Waals surface area contributed by atoms with E-state index in [-0.39, 0.29) is 11.3 Å². The molecule has 1 amide bonds. The van der Waals surface area contributed by atoms with Gasteiger partial charge in [-0.2, -0.15) is 0 Å². The highest BCUT2D eigenvalue weighted by Crippen LogP contribution is 2.46. The molecule has 3 aromatic carbocycles. The number of fused-ring (bicyclic) bond motifs is 1. The van der Waals surface area contributed by atoms with Gasteiger partial charge in [0.1, 0.15) is 17.3 Å². The van der Waals surface area contributed by atoms with E-state index in [2.05, 4.69) is 4.98 Å². The molecule has 4 aromatic rings. The minimum atomic E-state index is -0.852. The van der Waals surface area contributed by atoms with E-state index in [1.807, 2.05) is 45.0 Å². The van der Waals surface area contributed by atoms with Crippen molar-refractivity contribution in [2.24, 2.45) is 0 Å². The number of rotatable bonds is 6. The van der Waals surface area contributed by atoms with Gasteiger partial charge in [0.2, 0.25) is 0 Å². The molecule has 2 heterocycles. The van der Waals surface area contributed by atoms with Gasteiger partial charge < -0.3 is 19.6 Å². The predicted octanol–water partition coefficient (Wildman–Crippen LogP) is 5.82. The number of nitrogens with one attached hydrogen (secondary N) is 1. The van der Waals surface area contributed by atoms with Gasteiger partial charge in [0, 0.05) is 39.5 Å². The molecule has 5 rings (SSSR count). The lowest BCUT2D eigenvalue weighted by molar-refractivity contribution is -0.132. The Morgan fingerprint density at radius 2 is 1.81 bits per heavy atom. The van der Waals surface area contributed by atoms with Crippen LogP contribution in [0.25, 0.3) is 16.7 Å². The Labute approximate surface area is 214 Å². The van der Waals surface area contributed by atoms with Crippen molar-refractivity contribution in [1.82, 2.24) is 4.98 Å². The quantitative estimate of drug-likeness (QED) is 0.199. The average Bonchev–Trinajstić information content (AvgIpc) is 3.36. The van der Waals surface area contributed by atoms with Crippen molar-refractivity contribution in [3.05, 3.63) is 94.7 Å². The molecule has 0 bridgehead atoms. The zero-order chi connectivity index (χ0) is 26.3. The minimum Gasteiger partial charge on any atom is -0.507 e. The van der Waals surface area contributed by atoms with E-state index in [0.717, 1.165) is 27.7 Å². The normalized spacial score (nSPS) is 17.0. The second-order valence-electron chi connectivity index (χ2n) is 8.99. The van der Waals surface area contributed by atoms with Crippen LogP contribution in [0.5, 0.6) is 11.5 Å². The lowest BCUT2D eigenvalue weighted by atomic mass is 9.92. The van der Waals surface area contributed by atoms with Crippen LogP contribution in [0.1, 0.15) is 35.3 Å². The molecule has 1 aromatic heterocycles. The first-order chi connectivity index (χ1) is 17.8. The van der Waals surface area contributed by atoms with Crippen LogP contribution in [-0.2, 0) is 9.59 Å². The smallest absolute Gasteiger partial charge is 0.300 e. The number of nitrogens with zero attached hydrogens (tertiary/aromatic N) is 1. The molecule has 2 N–H and O–H groups in total. The van der Waals surface area contributed by atoms with Crippen LogP contribution >= 0.6 is 0 Å². The summed E-state index contributed by atoms with van der Waals surface area (Å²) in [5.41, 5.74) is 4.21. The van der Waals surface area contributed by atoms with E-state index in [1.54, 1.807) is 49.6 Å². The van der Waals surface area contributed by atoms with Crippen molar-refractivity contribution >= 4 is 34.0 Å². The van der Waals surface area contributed by atoms with Crippen LogP contribution in [0.4, 0.5) is 5.69 Å². The molecular formula is C30H28N2O5. The van der Waals surface area contributed by atoms with Gasteiger partial charge in [0.05, 0.1) is 25.3 Å². The van der Waals surface area contributed by atoms with E-state index in [1.165, 1.54) is 4.90 Å². The summed E-state index contributed by atoms with van der Waals surface area (Å²) < 4.78 is 11.0. The van der Waals surface area contributed by atoms with Crippen LogP contribution in [-0.4, -0.2) is 35.5 Å². The van der Waals surface area contributed by atoms with E-state index in [0.29, 0.717) is 29.4 Å². The Kier molecular flexibility index (Phi) is 6.21.